The van der Waals surface area contributed by atoms with Crippen molar-refractivity contribution < 1.29 is 4.42 Å². The second-order valence-electron chi connectivity index (χ2n) is 4.59. The lowest BCUT2D eigenvalue weighted by atomic mass is 10.5. The zero-order valence-corrected chi connectivity index (χ0v) is 12.0. The summed E-state index contributed by atoms with van der Waals surface area (Å²) < 4.78 is 5.16. The average molecular weight is 274 g/mol. The first-order valence-corrected chi connectivity index (χ1v) is 6.12. The third-order valence-corrected chi connectivity index (χ3v) is 2.47. The van der Waals surface area contributed by atoms with E-state index in [-0.39, 0.29) is 0 Å². The Hall–Kier alpha value is -2.57. The predicted molar refractivity (Wildman–Crippen MR) is 80.6 cm³/mol. The highest BCUT2D eigenvalue weighted by Crippen LogP contribution is 2.17. The molecule has 2 aromatic rings. The first-order chi connectivity index (χ1) is 9.56. The molecule has 2 aromatic heterocycles. The lowest BCUT2D eigenvalue weighted by molar-refractivity contribution is 0.560. The van der Waals surface area contributed by atoms with Crippen molar-refractivity contribution in [1.82, 2.24) is 9.97 Å². The Bertz CT molecular complexity index is 550. The monoisotopic (exact) mass is 274 g/mol. The van der Waals surface area contributed by atoms with Crippen molar-refractivity contribution in [3.05, 3.63) is 30.2 Å². The number of hydrogen-bond donors (Lipinski definition) is 1. The van der Waals surface area contributed by atoms with Crippen LogP contribution >= 0.6 is 0 Å². The van der Waals surface area contributed by atoms with E-state index in [1.165, 1.54) is 0 Å². The highest BCUT2D eigenvalue weighted by Gasteiger charge is 2.07. The molecular weight excluding hydrogens is 256 g/mol. The summed E-state index contributed by atoms with van der Waals surface area (Å²) in [6, 6.07) is 5.45. The van der Waals surface area contributed by atoms with Crippen molar-refractivity contribution in [2.24, 2.45) is 5.10 Å². The molecule has 0 aliphatic carbocycles. The minimum Gasteiger partial charge on any atom is -0.463 e. The Morgan fingerprint density at radius 3 is 2.60 bits per heavy atom. The number of nitrogens with one attached hydrogen (secondary N) is 1. The Balaban J connectivity index is 2.18. The first kappa shape index (κ1) is 13.9. The van der Waals surface area contributed by atoms with Crippen molar-refractivity contribution in [2.45, 2.75) is 0 Å². The third-order valence-electron chi connectivity index (χ3n) is 2.47. The Morgan fingerprint density at radius 1 is 1.20 bits per heavy atom. The van der Waals surface area contributed by atoms with Crippen molar-refractivity contribution in [3.63, 3.8) is 0 Å². The van der Waals surface area contributed by atoms with E-state index in [1.807, 2.05) is 50.1 Å². The van der Waals surface area contributed by atoms with Gasteiger partial charge in [0, 0.05) is 34.3 Å². The maximum atomic E-state index is 5.16. The van der Waals surface area contributed by atoms with Crippen LogP contribution in [0.3, 0.4) is 0 Å². The first-order valence-electron chi connectivity index (χ1n) is 6.12. The van der Waals surface area contributed by atoms with Gasteiger partial charge in [-0.3, -0.25) is 5.43 Å². The molecule has 106 valence electrons. The van der Waals surface area contributed by atoms with Crippen LogP contribution in [0.5, 0.6) is 0 Å². The summed E-state index contributed by atoms with van der Waals surface area (Å²) >= 11 is 0. The van der Waals surface area contributed by atoms with Gasteiger partial charge in [0.25, 0.3) is 0 Å². The fourth-order valence-electron chi connectivity index (χ4n) is 1.44. The average Bonchev–Trinajstić information content (AvgIpc) is 2.91. The van der Waals surface area contributed by atoms with Crippen molar-refractivity contribution >= 4 is 23.8 Å². The Labute approximate surface area is 117 Å². The minimum absolute atomic E-state index is 0.617. The molecule has 0 aromatic carbocycles. The molecule has 2 heterocycles. The molecule has 20 heavy (non-hydrogen) atoms. The number of hydrazone groups is 1. The summed E-state index contributed by atoms with van der Waals surface area (Å²) in [6.45, 7) is 0. The molecule has 0 spiro atoms. The summed E-state index contributed by atoms with van der Waals surface area (Å²) in [7, 11) is 7.64. The van der Waals surface area contributed by atoms with Gasteiger partial charge in [-0.2, -0.15) is 15.1 Å². The van der Waals surface area contributed by atoms with Crippen molar-refractivity contribution in [1.29, 1.82) is 0 Å². The van der Waals surface area contributed by atoms with Gasteiger partial charge < -0.3 is 14.2 Å². The van der Waals surface area contributed by atoms with Gasteiger partial charge in [0.1, 0.15) is 11.6 Å². The van der Waals surface area contributed by atoms with Gasteiger partial charge in [0.2, 0.25) is 5.95 Å². The number of nitrogens with zero attached hydrogens (tertiary/aromatic N) is 5. The second-order valence-corrected chi connectivity index (χ2v) is 4.59. The van der Waals surface area contributed by atoms with Crippen LogP contribution in [0, 0.1) is 0 Å². The number of hydrogen-bond acceptors (Lipinski definition) is 7. The third kappa shape index (κ3) is 3.47. The molecule has 7 nitrogen and oxygen atoms in total. The van der Waals surface area contributed by atoms with Gasteiger partial charge in [-0.25, -0.2) is 0 Å². The Morgan fingerprint density at radius 2 is 2.00 bits per heavy atom. The molecule has 0 bridgehead atoms. The number of aromatic nitrogens is 2. The van der Waals surface area contributed by atoms with E-state index >= 15 is 0 Å². The molecule has 0 unspecified atom stereocenters. The SMILES string of the molecule is CN(C)c1cc(N/N=C\c2ccco2)nc(N(C)C)n1. The van der Waals surface area contributed by atoms with Gasteiger partial charge in [0.15, 0.2) is 5.82 Å². The van der Waals surface area contributed by atoms with Crippen molar-refractivity contribution in [3.8, 4) is 0 Å². The molecule has 7 heteroatoms. The van der Waals surface area contributed by atoms with Gasteiger partial charge >= 0.3 is 0 Å². The van der Waals surface area contributed by atoms with Gasteiger partial charge in [-0.05, 0) is 12.1 Å². The molecule has 0 aliphatic heterocycles. The zero-order valence-electron chi connectivity index (χ0n) is 12.0. The van der Waals surface area contributed by atoms with Crippen LogP contribution in [0.25, 0.3) is 0 Å². The zero-order chi connectivity index (χ0) is 14.5. The van der Waals surface area contributed by atoms with E-state index in [2.05, 4.69) is 20.5 Å². The maximum absolute atomic E-state index is 5.16. The number of furan rings is 1. The standard InChI is InChI=1S/C13H18N6O/c1-18(2)12-8-11(15-13(16-12)19(3)4)17-14-9-10-6-5-7-20-10/h5-9H,1-4H3,(H,15,16,17)/b14-9-. The smallest absolute Gasteiger partial charge is 0.228 e. The molecule has 0 amide bonds. The quantitative estimate of drug-likeness (QED) is 0.660. The van der Waals surface area contributed by atoms with Crippen LogP contribution in [0.4, 0.5) is 17.6 Å². The summed E-state index contributed by atoms with van der Waals surface area (Å²) in [5, 5.41) is 4.09. The fourth-order valence-corrected chi connectivity index (χ4v) is 1.44. The molecule has 0 atom stereocenters. The molecule has 0 saturated carbocycles. The topological polar surface area (TPSA) is 69.8 Å². The van der Waals surface area contributed by atoms with Gasteiger partial charge in [-0.1, -0.05) is 0 Å². The number of rotatable bonds is 5. The molecule has 0 radical (unpaired) electrons. The predicted octanol–water partition coefficient (Wildman–Crippen LogP) is 1.65. The second kappa shape index (κ2) is 6.05. The lowest BCUT2D eigenvalue weighted by Gasteiger charge is -2.16. The van der Waals surface area contributed by atoms with E-state index in [4.69, 9.17) is 4.42 Å². The highest BCUT2D eigenvalue weighted by atomic mass is 16.3. The lowest BCUT2D eigenvalue weighted by Crippen LogP contribution is -2.17. The van der Waals surface area contributed by atoms with Gasteiger partial charge in [-0.15, -0.1) is 0 Å². The molecule has 0 saturated heterocycles. The molecule has 0 aliphatic rings. The normalized spacial score (nSPS) is 10.8. The van der Waals surface area contributed by atoms with E-state index in [0.29, 0.717) is 17.5 Å². The molecule has 1 N–H and O–H groups in total. The van der Waals surface area contributed by atoms with E-state index < -0.39 is 0 Å². The fraction of sp³-hybridized carbons (Fsp3) is 0.308. The molecule has 2 rings (SSSR count). The van der Waals surface area contributed by atoms with E-state index in [0.717, 1.165) is 5.82 Å². The van der Waals surface area contributed by atoms with Crippen LogP contribution in [0.15, 0.2) is 34.0 Å². The summed E-state index contributed by atoms with van der Waals surface area (Å²) in [4.78, 5) is 12.5. The highest BCUT2D eigenvalue weighted by molar-refractivity contribution is 5.76. The van der Waals surface area contributed by atoms with Crippen LogP contribution in [-0.4, -0.2) is 44.4 Å². The molecule has 0 fully saturated rings. The maximum Gasteiger partial charge on any atom is 0.228 e. The summed E-state index contributed by atoms with van der Waals surface area (Å²) in [5.74, 6) is 2.72. The molecular formula is C13H18N6O. The summed E-state index contributed by atoms with van der Waals surface area (Å²) in [5.41, 5.74) is 2.88. The van der Waals surface area contributed by atoms with Crippen LogP contribution < -0.4 is 15.2 Å². The Kier molecular flexibility index (Phi) is 4.19. The van der Waals surface area contributed by atoms with Gasteiger partial charge in [0.05, 0.1) is 12.5 Å². The van der Waals surface area contributed by atoms with Crippen LogP contribution in [0.2, 0.25) is 0 Å². The van der Waals surface area contributed by atoms with E-state index in [1.54, 1.807) is 18.5 Å². The van der Waals surface area contributed by atoms with Crippen molar-refractivity contribution in [2.75, 3.05) is 43.4 Å². The van der Waals surface area contributed by atoms with E-state index in [9.17, 15) is 0 Å². The van der Waals surface area contributed by atoms with Crippen LogP contribution in [-0.2, 0) is 0 Å². The minimum atomic E-state index is 0.617. The number of anilines is 3. The summed E-state index contributed by atoms with van der Waals surface area (Å²) in [6.07, 6.45) is 3.19. The van der Waals surface area contributed by atoms with Crippen LogP contribution in [0.1, 0.15) is 5.76 Å². The largest absolute Gasteiger partial charge is 0.463 e.